The first-order valence-electron chi connectivity index (χ1n) is 9.03. The quantitative estimate of drug-likeness (QED) is 0.673. The van der Waals surface area contributed by atoms with Crippen LogP contribution in [0.25, 0.3) is 10.9 Å². The number of rotatable bonds is 6. The van der Waals surface area contributed by atoms with Gasteiger partial charge in [0.15, 0.2) is 6.04 Å². The molecule has 1 aliphatic heterocycles. The largest absolute Gasteiger partial charge is 0.480 e. The highest BCUT2D eigenvalue weighted by Gasteiger charge is 2.51. The molecule has 150 valence electrons. The lowest BCUT2D eigenvalue weighted by atomic mass is 9.81. The molecule has 1 aliphatic rings. The molecule has 1 aromatic heterocycles. The molecule has 0 saturated heterocycles. The van der Waals surface area contributed by atoms with Gasteiger partial charge < -0.3 is 14.8 Å². The summed E-state index contributed by atoms with van der Waals surface area (Å²) in [5.41, 5.74) is 2.11. The maximum atomic E-state index is 12.1. The van der Waals surface area contributed by atoms with Crippen LogP contribution < -0.4 is 4.72 Å². The van der Waals surface area contributed by atoms with Crippen molar-refractivity contribution in [2.45, 2.75) is 44.8 Å². The van der Waals surface area contributed by atoms with Gasteiger partial charge in [0.1, 0.15) is 5.60 Å². The minimum atomic E-state index is -3.80. The Balaban J connectivity index is 2.34. The van der Waals surface area contributed by atoms with Crippen LogP contribution >= 0.6 is 0 Å². The van der Waals surface area contributed by atoms with Crippen molar-refractivity contribution < 1.29 is 23.1 Å². The van der Waals surface area contributed by atoms with Gasteiger partial charge >= 0.3 is 5.97 Å². The third-order valence-electron chi connectivity index (χ3n) is 5.19. The zero-order valence-electron chi connectivity index (χ0n) is 16.0. The average Bonchev–Trinajstić information content (AvgIpc) is 3.01. The predicted octanol–water partition coefficient (Wildman–Crippen LogP) is 1.92. The molecule has 0 aliphatic carbocycles. The summed E-state index contributed by atoms with van der Waals surface area (Å²) < 4.78 is 32.0. The number of benzene rings is 1. The maximum absolute atomic E-state index is 12.1. The third-order valence-corrected chi connectivity index (χ3v) is 5.85. The Kier molecular flexibility index (Phi) is 5.23. The number of hydrogen-bond acceptors (Lipinski definition) is 5. The van der Waals surface area contributed by atoms with E-state index in [0.717, 1.165) is 28.3 Å². The van der Waals surface area contributed by atoms with E-state index in [4.69, 9.17) is 4.74 Å². The molecule has 0 spiro atoms. The molecule has 2 atom stereocenters. The molecule has 0 fully saturated rings. The maximum Gasteiger partial charge on any atom is 0.325 e. The van der Waals surface area contributed by atoms with Crippen LogP contribution in [0.5, 0.6) is 0 Å². The van der Waals surface area contributed by atoms with Crippen LogP contribution in [0.1, 0.15) is 42.1 Å². The zero-order chi connectivity index (χ0) is 20.7. The zero-order valence-corrected chi connectivity index (χ0v) is 16.8. The van der Waals surface area contributed by atoms with E-state index in [2.05, 4.69) is 15.8 Å². The second-order valence-electron chi connectivity index (χ2n) is 7.17. The molecule has 0 bridgehead atoms. The number of carbonyl (C=O) groups is 1. The second-order valence-corrected chi connectivity index (χ2v) is 8.95. The number of hydrogen-bond donors (Lipinski definition) is 3. The number of nitriles is 1. The smallest absolute Gasteiger partial charge is 0.325 e. The first-order chi connectivity index (χ1) is 13.1. The van der Waals surface area contributed by atoms with Gasteiger partial charge in [0.2, 0.25) is 10.0 Å². The number of aliphatic carboxylic acids is 1. The number of sulfonamides is 1. The lowest BCUT2D eigenvalue weighted by Gasteiger charge is -2.41. The SMILES string of the molecule is CCC[C@]1([C@H](NS(C)(=O)=O)C(=O)O)OCCc2c1[nH]c1c(C)ccc(C#N)c21. The summed E-state index contributed by atoms with van der Waals surface area (Å²) in [6, 6.07) is 4.26. The molecule has 28 heavy (non-hydrogen) atoms. The Morgan fingerprint density at radius 1 is 1.50 bits per heavy atom. The Hall–Kier alpha value is -2.41. The number of fused-ring (bicyclic) bond motifs is 3. The van der Waals surface area contributed by atoms with E-state index >= 15 is 0 Å². The number of nitrogens with zero attached hydrogens (tertiary/aromatic N) is 1. The molecular weight excluding hydrogens is 382 g/mol. The van der Waals surface area contributed by atoms with Gasteiger partial charge in [0, 0.05) is 5.39 Å². The summed E-state index contributed by atoms with van der Waals surface area (Å²) in [6.07, 6.45) is 2.31. The monoisotopic (exact) mass is 405 g/mol. The van der Waals surface area contributed by atoms with Crippen LogP contribution in [0, 0.1) is 18.3 Å². The summed E-state index contributed by atoms with van der Waals surface area (Å²) in [4.78, 5) is 15.4. The summed E-state index contributed by atoms with van der Waals surface area (Å²) in [6.45, 7) is 4.01. The molecule has 0 amide bonds. The molecule has 1 aromatic carbocycles. The van der Waals surface area contributed by atoms with E-state index in [9.17, 15) is 23.6 Å². The molecule has 3 N–H and O–H groups in total. The summed E-state index contributed by atoms with van der Waals surface area (Å²) in [7, 11) is -3.80. The van der Waals surface area contributed by atoms with Crippen LogP contribution in [0.15, 0.2) is 12.1 Å². The molecule has 9 heteroatoms. The van der Waals surface area contributed by atoms with E-state index in [1.807, 2.05) is 19.9 Å². The molecular formula is C19H23N3O5S. The molecule has 8 nitrogen and oxygen atoms in total. The molecule has 2 heterocycles. The van der Waals surface area contributed by atoms with Crippen LogP contribution in [0.3, 0.4) is 0 Å². The van der Waals surface area contributed by atoms with Crippen molar-refractivity contribution in [2.24, 2.45) is 0 Å². The Morgan fingerprint density at radius 3 is 2.79 bits per heavy atom. The van der Waals surface area contributed by atoms with Crippen LogP contribution in [0.4, 0.5) is 0 Å². The highest BCUT2D eigenvalue weighted by Crippen LogP contribution is 2.44. The Bertz CT molecular complexity index is 1080. The molecule has 3 rings (SSSR count). The lowest BCUT2D eigenvalue weighted by Crippen LogP contribution is -2.58. The van der Waals surface area contributed by atoms with Gasteiger partial charge in [-0.15, -0.1) is 0 Å². The van der Waals surface area contributed by atoms with Gasteiger partial charge in [0.25, 0.3) is 0 Å². The average molecular weight is 405 g/mol. The van der Waals surface area contributed by atoms with Gasteiger partial charge in [-0.3, -0.25) is 4.79 Å². The van der Waals surface area contributed by atoms with E-state index in [1.165, 1.54) is 0 Å². The van der Waals surface area contributed by atoms with E-state index < -0.39 is 27.6 Å². The van der Waals surface area contributed by atoms with E-state index in [-0.39, 0.29) is 6.61 Å². The van der Waals surface area contributed by atoms with E-state index in [0.29, 0.717) is 30.5 Å². The number of carboxylic acid groups (broad SMARTS) is 1. The first kappa shape index (κ1) is 20.3. The van der Waals surface area contributed by atoms with Gasteiger partial charge in [0.05, 0.1) is 35.7 Å². The molecule has 2 aromatic rings. The van der Waals surface area contributed by atoms with Gasteiger partial charge in [-0.25, -0.2) is 8.42 Å². The van der Waals surface area contributed by atoms with Crippen molar-refractivity contribution in [1.29, 1.82) is 5.26 Å². The lowest BCUT2D eigenvalue weighted by molar-refractivity contribution is -0.155. The fraction of sp³-hybridized carbons (Fsp3) is 0.474. The van der Waals surface area contributed by atoms with Crippen molar-refractivity contribution in [3.8, 4) is 6.07 Å². The van der Waals surface area contributed by atoms with Gasteiger partial charge in [-0.05, 0) is 37.0 Å². The fourth-order valence-electron chi connectivity index (χ4n) is 4.12. The molecule has 0 saturated carbocycles. The summed E-state index contributed by atoms with van der Waals surface area (Å²) in [5, 5.41) is 20.2. The standard InChI is InChI=1S/C19H23N3O5S/c1-4-8-19(17(18(23)24)22-28(3,25)26)16-13(7-9-27-19)14-12(10-20)6-5-11(2)15(14)21-16/h5-6,17,21-22H,4,7-9H2,1-3H3,(H,23,24)/t17-,19+/m1/s1. The highest BCUT2D eigenvalue weighted by atomic mass is 32.2. The van der Waals surface area contributed by atoms with Crippen molar-refractivity contribution in [2.75, 3.05) is 12.9 Å². The molecule has 0 unspecified atom stereocenters. The van der Waals surface area contributed by atoms with Crippen LogP contribution in [-0.4, -0.2) is 43.4 Å². The van der Waals surface area contributed by atoms with Gasteiger partial charge in [-0.2, -0.15) is 9.98 Å². The Morgan fingerprint density at radius 2 is 2.21 bits per heavy atom. The number of aromatic nitrogens is 1. The third kappa shape index (κ3) is 3.28. The number of carboxylic acids is 1. The number of ether oxygens (including phenoxy) is 1. The number of nitrogens with one attached hydrogen (secondary N) is 2. The molecule has 0 radical (unpaired) electrons. The predicted molar refractivity (Wildman–Crippen MR) is 103 cm³/mol. The van der Waals surface area contributed by atoms with Gasteiger partial charge in [-0.1, -0.05) is 19.4 Å². The van der Waals surface area contributed by atoms with Crippen molar-refractivity contribution >= 4 is 26.9 Å². The minimum absolute atomic E-state index is 0.230. The minimum Gasteiger partial charge on any atom is -0.480 e. The number of H-pyrrole nitrogens is 1. The number of aryl methyl sites for hydroxylation is 1. The first-order valence-corrected chi connectivity index (χ1v) is 10.9. The summed E-state index contributed by atoms with van der Waals surface area (Å²) >= 11 is 0. The van der Waals surface area contributed by atoms with Crippen LogP contribution in [0.2, 0.25) is 0 Å². The van der Waals surface area contributed by atoms with Crippen molar-refractivity contribution in [3.63, 3.8) is 0 Å². The Labute approximate surface area is 163 Å². The fourth-order valence-corrected chi connectivity index (χ4v) is 4.84. The normalized spacial score (nSPS) is 20.5. The van der Waals surface area contributed by atoms with Crippen molar-refractivity contribution in [1.82, 2.24) is 9.71 Å². The van der Waals surface area contributed by atoms with E-state index in [1.54, 1.807) is 6.07 Å². The van der Waals surface area contributed by atoms with Crippen LogP contribution in [-0.2, 0) is 31.6 Å². The topological polar surface area (TPSA) is 132 Å². The van der Waals surface area contributed by atoms with Crippen molar-refractivity contribution in [3.05, 3.63) is 34.5 Å². The summed E-state index contributed by atoms with van der Waals surface area (Å²) in [5.74, 6) is -1.32. The number of aromatic amines is 1. The highest BCUT2D eigenvalue weighted by molar-refractivity contribution is 7.88. The second kappa shape index (κ2) is 7.20.